The van der Waals surface area contributed by atoms with Gasteiger partial charge in [-0.2, -0.15) is 0 Å². The van der Waals surface area contributed by atoms with E-state index in [0.717, 1.165) is 38.9 Å². The third kappa shape index (κ3) is 2.70. The number of likely N-dealkylation sites (N-methyl/N-ethyl adjacent to an activating group) is 1. The molecule has 6 heteroatoms. The molecule has 2 unspecified atom stereocenters. The number of ether oxygens (including phenoxy) is 1. The normalized spacial score (nSPS) is 31.6. The van der Waals surface area contributed by atoms with Gasteiger partial charge in [-0.1, -0.05) is 18.2 Å². The summed E-state index contributed by atoms with van der Waals surface area (Å²) in [4.78, 5) is 19.2. The summed E-state index contributed by atoms with van der Waals surface area (Å²) in [5, 5.41) is 5.40. The molecule has 4 aliphatic rings. The molecule has 2 fully saturated rings. The monoisotopic (exact) mass is 392 g/mol. The summed E-state index contributed by atoms with van der Waals surface area (Å²) in [5.41, 5.74) is 5.17. The number of aromatic nitrogens is 1. The molecule has 1 amide bonds. The lowest BCUT2D eigenvalue weighted by molar-refractivity contribution is -0.164. The van der Waals surface area contributed by atoms with Gasteiger partial charge in [0.1, 0.15) is 0 Å². The second-order valence-electron chi connectivity index (χ2n) is 9.12. The molecule has 0 saturated carbocycles. The van der Waals surface area contributed by atoms with Crippen LogP contribution in [0.15, 0.2) is 30.5 Å². The zero-order valence-electron chi connectivity index (χ0n) is 17.1. The standard InChI is InChI=1S/C23H28N4O2/c1-25-11-15(23(28)26(2)27-12-16-6-7-17(13-27)29-16)8-19-18-4-3-5-20-22(18)14(10-24-20)9-21(19)25/h3-5,8,10,15-17,21,24H,6-7,9,11-13H2,1-2H3/t15-,16?,17?,21-/m1/s1. The first-order chi connectivity index (χ1) is 14.1. The number of hydrogen-bond acceptors (Lipinski definition) is 4. The number of aromatic amines is 1. The van der Waals surface area contributed by atoms with Gasteiger partial charge in [-0.15, -0.1) is 0 Å². The number of carbonyl (C=O) groups is 1. The minimum atomic E-state index is -0.118. The van der Waals surface area contributed by atoms with Crippen molar-refractivity contribution in [1.82, 2.24) is 19.9 Å². The molecule has 2 saturated heterocycles. The lowest BCUT2D eigenvalue weighted by Gasteiger charge is -2.42. The summed E-state index contributed by atoms with van der Waals surface area (Å²) in [6, 6.07) is 6.81. The van der Waals surface area contributed by atoms with Crippen molar-refractivity contribution < 1.29 is 9.53 Å². The van der Waals surface area contributed by atoms with Gasteiger partial charge in [-0.05, 0) is 49.1 Å². The van der Waals surface area contributed by atoms with Crippen LogP contribution >= 0.6 is 0 Å². The Kier molecular flexibility index (Phi) is 3.92. The maximum Gasteiger partial charge on any atom is 0.244 e. The van der Waals surface area contributed by atoms with Crippen molar-refractivity contribution in [2.24, 2.45) is 5.92 Å². The summed E-state index contributed by atoms with van der Waals surface area (Å²) in [6.45, 7) is 2.42. The number of H-pyrrole nitrogens is 1. The molecule has 1 aliphatic carbocycles. The Labute approximate surface area is 171 Å². The zero-order valence-corrected chi connectivity index (χ0v) is 17.1. The first-order valence-corrected chi connectivity index (χ1v) is 10.8. The average molecular weight is 393 g/mol. The van der Waals surface area contributed by atoms with Crippen LogP contribution in [0.1, 0.15) is 24.0 Å². The Balaban J connectivity index is 1.32. The molecule has 0 spiro atoms. The fourth-order valence-electron chi connectivity index (χ4n) is 5.82. The van der Waals surface area contributed by atoms with Crippen molar-refractivity contribution in [1.29, 1.82) is 0 Å². The molecular formula is C23H28N4O2. The molecule has 3 aliphatic heterocycles. The van der Waals surface area contributed by atoms with E-state index in [1.54, 1.807) is 0 Å². The van der Waals surface area contributed by atoms with Crippen LogP contribution in [0, 0.1) is 5.92 Å². The average Bonchev–Trinajstić information content (AvgIpc) is 3.31. The molecule has 6 rings (SSSR count). The van der Waals surface area contributed by atoms with E-state index < -0.39 is 0 Å². The topological polar surface area (TPSA) is 51.8 Å². The maximum atomic E-state index is 13.5. The lowest BCUT2D eigenvalue weighted by atomic mass is 9.80. The van der Waals surface area contributed by atoms with Gasteiger partial charge in [0.2, 0.25) is 5.91 Å². The zero-order chi connectivity index (χ0) is 19.7. The minimum Gasteiger partial charge on any atom is -0.372 e. The first-order valence-electron chi connectivity index (χ1n) is 10.8. The van der Waals surface area contributed by atoms with Gasteiger partial charge >= 0.3 is 0 Å². The molecule has 29 heavy (non-hydrogen) atoms. The van der Waals surface area contributed by atoms with Crippen LogP contribution in [0.4, 0.5) is 0 Å². The molecule has 4 heterocycles. The van der Waals surface area contributed by atoms with Gasteiger partial charge in [-0.25, -0.2) is 5.01 Å². The molecule has 2 bridgehead atoms. The van der Waals surface area contributed by atoms with Gasteiger partial charge in [0.15, 0.2) is 0 Å². The summed E-state index contributed by atoms with van der Waals surface area (Å²) in [6.07, 6.45) is 8.20. The molecule has 1 N–H and O–H groups in total. The summed E-state index contributed by atoms with van der Waals surface area (Å²) in [7, 11) is 4.09. The van der Waals surface area contributed by atoms with Crippen LogP contribution in [-0.2, 0) is 16.0 Å². The highest BCUT2D eigenvalue weighted by Gasteiger charge is 2.40. The number of morpholine rings is 1. The SMILES string of the molecule is CN1C[C@H](C(=O)N(C)N2CC3CCC(C2)O3)C=C2c3cccc4[nH]cc(c34)C[C@H]21. The molecule has 6 nitrogen and oxygen atoms in total. The number of benzene rings is 1. The summed E-state index contributed by atoms with van der Waals surface area (Å²) < 4.78 is 5.95. The fourth-order valence-corrected chi connectivity index (χ4v) is 5.82. The third-order valence-electron chi connectivity index (χ3n) is 7.35. The van der Waals surface area contributed by atoms with E-state index in [0.29, 0.717) is 6.04 Å². The van der Waals surface area contributed by atoms with E-state index in [1.165, 1.54) is 27.6 Å². The minimum absolute atomic E-state index is 0.118. The first kappa shape index (κ1) is 17.7. The molecular weight excluding hydrogens is 364 g/mol. The third-order valence-corrected chi connectivity index (χ3v) is 7.35. The largest absolute Gasteiger partial charge is 0.372 e. The highest BCUT2D eigenvalue weighted by molar-refractivity contribution is 5.99. The molecule has 0 radical (unpaired) electrons. The van der Waals surface area contributed by atoms with E-state index in [4.69, 9.17) is 4.74 Å². The van der Waals surface area contributed by atoms with Gasteiger partial charge in [0, 0.05) is 49.8 Å². The Hall–Kier alpha value is -2.15. The van der Waals surface area contributed by atoms with E-state index in [2.05, 4.69) is 52.4 Å². The Morgan fingerprint density at radius 1 is 1.21 bits per heavy atom. The summed E-state index contributed by atoms with van der Waals surface area (Å²) >= 11 is 0. The van der Waals surface area contributed by atoms with Crippen molar-refractivity contribution >= 4 is 22.4 Å². The molecule has 152 valence electrons. The number of fused-ring (bicyclic) bond motifs is 4. The highest BCUT2D eigenvalue weighted by Crippen LogP contribution is 2.41. The van der Waals surface area contributed by atoms with Crippen molar-refractivity contribution in [3.63, 3.8) is 0 Å². The van der Waals surface area contributed by atoms with Crippen LogP contribution in [0.25, 0.3) is 16.5 Å². The van der Waals surface area contributed by atoms with Crippen LogP contribution in [0.5, 0.6) is 0 Å². The Morgan fingerprint density at radius 2 is 2.00 bits per heavy atom. The Morgan fingerprint density at radius 3 is 2.79 bits per heavy atom. The molecule has 4 atom stereocenters. The summed E-state index contributed by atoms with van der Waals surface area (Å²) in [5.74, 6) is 0.0728. The predicted octanol–water partition coefficient (Wildman–Crippen LogP) is 2.27. The van der Waals surface area contributed by atoms with Crippen molar-refractivity contribution in [3.8, 4) is 0 Å². The van der Waals surface area contributed by atoms with Crippen LogP contribution in [0.3, 0.4) is 0 Å². The molecule has 2 aromatic rings. The number of amides is 1. The number of rotatable bonds is 2. The van der Waals surface area contributed by atoms with Crippen LogP contribution in [-0.4, -0.2) is 77.8 Å². The van der Waals surface area contributed by atoms with Gasteiger partial charge in [0.25, 0.3) is 0 Å². The van der Waals surface area contributed by atoms with E-state index in [9.17, 15) is 4.79 Å². The van der Waals surface area contributed by atoms with Gasteiger partial charge < -0.3 is 9.72 Å². The number of nitrogens with one attached hydrogen (secondary N) is 1. The molecule has 1 aromatic heterocycles. The number of hydrazine groups is 1. The van der Waals surface area contributed by atoms with E-state index >= 15 is 0 Å². The van der Waals surface area contributed by atoms with Crippen LogP contribution in [0.2, 0.25) is 0 Å². The van der Waals surface area contributed by atoms with Crippen molar-refractivity contribution in [3.05, 3.63) is 41.6 Å². The van der Waals surface area contributed by atoms with Crippen molar-refractivity contribution in [2.45, 2.75) is 37.5 Å². The van der Waals surface area contributed by atoms with Crippen molar-refractivity contribution in [2.75, 3.05) is 33.7 Å². The number of carbonyl (C=O) groups excluding carboxylic acids is 1. The Bertz CT molecular complexity index is 999. The maximum absolute atomic E-state index is 13.5. The fraction of sp³-hybridized carbons (Fsp3) is 0.522. The molecule has 1 aromatic carbocycles. The number of nitrogens with zero attached hydrogens (tertiary/aromatic N) is 3. The van der Waals surface area contributed by atoms with E-state index in [-0.39, 0.29) is 24.0 Å². The van der Waals surface area contributed by atoms with Crippen LogP contribution < -0.4 is 0 Å². The van der Waals surface area contributed by atoms with Gasteiger partial charge in [-0.3, -0.25) is 14.7 Å². The quantitative estimate of drug-likeness (QED) is 0.852. The highest BCUT2D eigenvalue weighted by atomic mass is 16.5. The predicted molar refractivity (Wildman–Crippen MR) is 112 cm³/mol. The second kappa shape index (κ2) is 6.42. The smallest absolute Gasteiger partial charge is 0.244 e. The van der Waals surface area contributed by atoms with Gasteiger partial charge in [0.05, 0.1) is 18.1 Å². The second-order valence-corrected chi connectivity index (χ2v) is 9.12. The van der Waals surface area contributed by atoms with E-state index in [1.807, 2.05) is 12.1 Å². The number of hydrogen-bond donors (Lipinski definition) is 1. The lowest BCUT2D eigenvalue weighted by Crippen LogP contribution is -2.55.